The van der Waals surface area contributed by atoms with E-state index in [0.29, 0.717) is 11.6 Å². The molecule has 0 unspecified atom stereocenters. The SMILES string of the molecule is CCCCCCCCn1cc[n+](C)c1C([O-])=Nc1c(C)cc(Cc2cc(C)c(N=C([O-])c3n(CCCCCCCC)cc[n+]3C)c(CC)c2)cc1CC. The van der Waals surface area contributed by atoms with E-state index in [1.807, 2.05) is 48.0 Å². The standard InChI is InChI=1S/C45H66N6O2/c1-9-13-15-17-19-21-23-50-27-25-48(7)44(50)42(52)46-40-34(5)29-36(32-38(40)11-3)31-37-30-35(6)41(39(12-4)33-37)47-43(53)45-49(8)26-28-51(45)24-22-20-18-16-14-10-2/h25-30,32-33H,9-24,31H2,1-8H3. The first-order chi connectivity index (χ1) is 25.6. The Morgan fingerprint density at radius 1 is 0.566 bits per heavy atom. The predicted octanol–water partition coefficient (Wildman–Crippen LogP) is 7.87. The van der Waals surface area contributed by atoms with Crippen LogP contribution < -0.4 is 19.3 Å². The number of aromatic nitrogens is 4. The second-order valence-electron chi connectivity index (χ2n) is 14.9. The van der Waals surface area contributed by atoms with E-state index >= 15 is 0 Å². The summed E-state index contributed by atoms with van der Waals surface area (Å²) in [7, 11) is 3.85. The van der Waals surface area contributed by atoms with Gasteiger partial charge < -0.3 is 10.2 Å². The van der Waals surface area contributed by atoms with Crippen molar-refractivity contribution in [2.24, 2.45) is 24.1 Å². The van der Waals surface area contributed by atoms with Gasteiger partial charge in [0.2, 0.25) is 0 Å². The van der Waals surface area contributed by atoms with Crippen LogP contribution in [0.25, 0.3) is 0 Å². The van der Waals surface area contributed by atoms with Crippen LogP contribution in [-0.2, 0) is 46.4 Å². The van der Waals surface area contributed by atoms with E-state index in [9.17, 15) is 10.2 Å². The van der Waals surface area contributed by atoms with Crippen LogP contribution in [0.15, 0.2) is 59.0 Å². The predicted molar refractivity (Wildman–Crippen MR) is 214 cm³/mol. The molecule has 0 amide bonds. The van der Waals surface area contributed by atoms with Crippen LogP contribution in [0.4, 0.5) is 11.4 Å². The lowest BCUT2D eigenvalue weighted by Crippen LogP contribution is -2.40. The molecule has 288 valence electrons. The highest BCUT2D eigenvalue weighted by atomic mass is 16.3. The van der Waals surface area contributed by atoms with Crippen LogP contribution in [0.1, 0.15) is 150 Å². The molecule has 0 bridgehead atoms. The Labute approximate surface area is 320 Å². The lowest BCUT2D eigenvalue weighted by Gasteiger charge is -2.17. The third-order valence-electron chi connectivity index (χ3n) is 10.5. The number of unbranched alkanes of at least 4 members (excludes halogenated alkanes) is 10. The van der Waals surface area contributed by atoms with Crippen LogP contribution in [0.5, 0.6) is 0 Å². The van der Waals surface area contributed by atoms with Crippen molar-refractivity contribution in [3.05, 3.63) is 94.1 Å². The van der Waals surface area contributed by atoms with E-state index in [-0.39, 0.29) is 11.8 Å². The van der Waals surface area contributed by atoms with Gasteiger partial charge in [0.25, 0.3) is 11.6 Å². The quantitative estimate of drug-likeness (QED) is 0.0358. The Balaban J connectivity index is 1.52. The molecule has 0 aliphatic carbocycles. The van der Waals surface area contributed by atoms with Crippen molar-refractivity contribution < 1.29 is 19.3 Å². The van der Waals surface area contributed by atoms with Crippen molar-refractivity contribution in [1.29, 1.82) is 0 Å². The maximum Gasteiger partial charge on any atom is 0.292 e. The molecule has 0 aliphatic rings. The van der Waals surface area contributed by atoms with Crippen LogP contribution >= 0.6 is 0 Å². The van der Waals surface area contributed by atoms with Gasteiger partial charge in [0.05, 0.1) is 50.4 Å². The molecule has 0 saturated heterocycles. The zero-order chi connectivity index (χ0) is 38.3. The maximum atomic E-state index is 13.7. The minimum Gasteiger partial charge on any atom is -0.853 e. The fourth-order valence-electron chi connectivity index (χ4n) is 7.55. The molecule has 0 saturated carbocycles. The monoisotopic (exact) mass is 723 g/mol. The summed E-state index contributed by atoms with van der Waals surface area (Å²) in [6.45, 7) is 14.5. The van der Waals surface area contributed by atoms with Gasteiger partial charge in [-0.1, -0.05) is 103 Å². The van der Waals surface area contributed by atoms with Crippen molar-refractivity contribution in [2.75, 3.05) is 0 Å². The molecule has 2 heterocycles. The molecule has 0 radical (unpaired) electrons. The first-order valence-corrected chi connectivity index (χ1v) is 20.5. The summed E-state index contributed by atoms with van der Waals surface area (Å²) in [5.74, 6) is 0.842. The van der Waals surface area contributed by atoms with E-state index in [4.69, 9.17) is 9.98 Å². The lowest BCUT2D eigenvalue weighted by molar-refractivity contribution is -0.674. The summed E-state index contributed by atoms with van der Waals surface area (Å²) in [5.41, 5.74) is 8.09. The van der Waals surface area contributed by atoms with Crippen molar-refractivity contribution >= 4 is 23.2 Å². The average molecular weight is 723 g/mol. The molecule has 0 N–H and O–H groups in total. The van der Waals surface area contributed by atoms with Crippen molar-refractivity contribution in [3.8, 4) is 0 Å². The summed E-state index contributed by atoms with van der Waals surface area (Å²) >= 11 is 0. The second-order valence-corrected chi connectivity index (χ2v) is 14.9. The van der Waals surface area contributed by atoms with E-state index in [1.54, 1.807) is 0 Å². The molecule has 4 aromatic rings. The lowest BCUT2D eigenvalue weighted by atomic mass is 9.94. The molecule has 2 aromatic carbocycles. The molecular weight excluding hydrogens is 657 g/mol. The number of hydrogen-bond acceptors (Lipinski definition) is 4. The average Bonchev–Trinajstić information content (AvgIpc) is 3.70. The van der Waals surface area contributed by atoms with Gasteiger partial charge in [0.15, 0.2) is 0 Å². The van der Waals surface area contributed by atoms with Gasteiger partial charge in [-0.05, 0) is 92.2 Å². The fourth-order valence-corrected chi connectivity index (χ4v) is 7.55. The van der Waals surface area contributed by atoms with Gasteiger partial charge in [-0.15, -0.1) is 0 Å². The van der Waals surface area contributed by atoms with Gasteiger partial charge in [-0.25, -0.2) is 18.3 Å². The smallest absolute Gasteiger partial charge is 0.292 e. The first kappa shape index (κ1) is 41.6. The Hall–Kier alpha value is -4.20. The maximum absolute atomic E-state index is 13.7. The highest BCUT2D eigenvalue weighted by molar-refractivity contribution is 5.89. The number of aryl methyl sites for hydroxylation is 8. The zero-order valence-corrected chi connectivity index (χ0v) is 34.1. The van der Waals surface area contributed by atoms with Gasteiger partial charge in [-0.2, -0.15) is 0 Å². The van der Waals surface area contributed by atoms with Crippen LogP contribution in [0.3, 0.4) is 0 Å². The van der Waals surface area contributed by atoms with E-state index in [2.05, 4.69) is 74.9 Å². The second kappa shape index (κ2) is 20.9. The molecule has 8 nitrogen and oxygen atoms in total. The van der Waals surface area contributed by atoms with Gasteiger partial charge in [-0.3, -0.25) is 9.98 Å². The number of nitrogens with zero attached hydrogens (tertiary/aromatic N) is 6. The summed E-state index contributed by atoms with van der Waals surface area (Å²) in [6, 6.07) is 8.74. The van der Waals surface area contributed by atoms with Crippen LogP contribution in [0, 0.1) is 13.8 Å². The Morgan fingerprint density at radius 2 is 0.943 bits per heavy atom. The number of aliphatic imine (C=N–C) groups is 2. The Kier molecular flexibility index (Phi) is 16.4. The van der Waals surface area contributed by atoms with Gasteiger partial charge in [0, 0.05) is 0 Å². The van der Waals surface area contributed by atoms with Crippen molar-refractivity contribution in [1.82, 2.24) is 9.13 Å². The van der Waals surface area contributed by atoms with Crippen molar-refractivity contribution in [3.63, 3.8) is 0 Å². The van der Waals surface area contributed by atoms with Crippen molar-refractivity contribution in [2.45, 2.75) is 151 Å². The summed E-state index contributed by atoms with van der Waals surface area (Å²) in [4.78, 5) is 9.45. The largest absolute Gasteiger partial charge is 0.853 e. The molecule has 0 spiro atoms. The number of imidazole rings is 2. The molecule has 53 heavy (non-hydrogen) atoms. The van der Waals surface area contributed by atoms with Gasteiger partial charge in [0.1, 0.15) is 24.8 Å². The summed E-state index contributed by atoms with van der Waals surface area (Å²) < 4.78 is 7.91. The van der Waals surface area contributed by atoms with Crippen LogP contribution in [-0.4, -0.2) is 20.9 Å². The zero-order valence-electron chi connectivity index (χ0n) is 34.1. The molecule has 8 heteroatoms. The molecule has 4 rings (SSSR count). The van der Waals surface area contributed by atoms with E-state index in [1.165, 1.54) is 75.3 Å². The topological polar surface area (TPSA) is 88.5 Å². The Bertz CT molecular complexity index is 1700. The third-order valence-corrected chi connectivity index (χ3v) is 10.5. The molecular formula is C45H66N6O2. The van der Waals surface area contributed by atoms with E-state index in [0.717, 1.165) is 78.8 Å². The highest BCUT2D eigenvalue weighted by Crippen LogP contribution is 2.31. The molecule has 0 atom stereocenters. The number of rotatable bonds is 22. The first-order valence-electron chi connectivity index (χ1n) is 20.5. The fraction of sp³-hybridized carbons (Fsp3) is 0.556. The Morgan fingerprint density at radius 3 is 1.32 bits per heavy atom. The van der Waals surface area contributed by atoms with Gasteiger partial charge >= 0.3 is 0 Å². The third kappa shape index (κ3) is 11.4. The molecule has 2 aromatic heterocycles. The summed E-state index contributed by atoms with van der Waals surface area (Å²) in [6.07, 6.45) is 24.8. The summed E-state index contributed by atoms with van der Waals surface area (Å²) in [5, 5.41) is 27.3. The minimum atomic E-state index is -0.200. The molecule has 0 aliphatic heterocycles. The molecule has 0 fully saturated rings. The number of benzene rings is 2. The minimum absolute atomic E-state index is 0.200. The van der Waals surface area contributed by atoms with E-state index < -0.39 is 0 Å². The number of hydrogen-bond donors (Lipinski definition) is 0. The highest BCUT2D eigenvalue weighted by Gasteiger charge is 2.18. The normalized spacial score (nSPS) is 12.3. The van der Waals surface area contributed by atoms with Crippen LogP contribution in [0.2, 0.25) is 0 Å².